The summed E-state index contributed by atoms with van der Waals surface area (Å²) in [6.07, 6.45) is 0. The third kappa shape index (κ3) is 1.80. The number of ether oxygens (including phenoxy) is 1. The largest absolute Gasteiger partial charge is 0.497 e. The number of rotatable bonds is 2. The Labute approximate surface area is 88.0 Å². The van der Waals surface area contributed by atoms with Crippen LogP contribution in [-0.4, -0.2) is 7.11 Å². The first-order valence-electron chi connectivity index (χ1n) is 4.49. The van der Waals surface area contributed by atoms with Crippen LogP contribution >= 0.6 is 11.3 Å². The Kier molecular flexibility index (Phi) is 2.55. The Bertz CT molecular complexity index is 414. The minimum atomic E-state index is 0.905. The molecule has 2 heteroatoms. The molecule has 0 saturated carbocycles. The maximum Gasteiger partial charge on any atom is 0.118 e. The Balaban J connectivity index is 2.33. The third-order valence-corrected chi connectivity index (χ3v) is 3.20. The van der Waals surface area contributed by atoms with Crippen LogP contribution < -0.4 is 4.74 Å². The zero-order valence-electron chi connectivity index (χ0n) is 8.28. The van der Waals surface area contributed by atoms with Gasteiger partial charge in [0.15, 0.2) is 0 Å². The fourth-order valence-electron chi connectivity index (χ4n) is 1.34. The molecule has 0 saturated heterocycles. The zero-order valence-corrected chi connectivity index (χ0v) is 9.10. The van der Waals surface area contributed by atoms with Crippen molar-refractivity contribution in [2.24, 2.45) is 0 Å². The summed E-state index contributed by atoms with van der Waals surface area (Å²) < 4.78 is 5.11. The van der Waals surface area contributed by atoms with Crippen molar-refractivity contribution < 1.29 is 4.74 Å². The standard InChI is InChI=1S/C12H12OS/c1-9-7-12(14-8-9)10-3-5-11(13-2)6-4-10/h3-8H,1-2H3. The second kappa shape index (κ2) is 3.84. The molecule has 14 heavy (non-hydrogen) atoms. The van der Waals surface area contributed by atoms with E-state index >= 15 is 0 Å². The predicted molar refractivity (Wildman–Crippen MR) is 61.0 cm³/mol. The van der Waals surface area contributed by atoms with Crippen LogP contribution in [0, 0.1) is 6.92 Å². The molecule has 0 N–H and O–H groups in total. The van der Waals surface area contributed by atoms with Crippen LogP contribution in [0.5, 0.6) is 5.75 Å². The summed E-state index contributed by atoms with van der Waals surface area (Å²) in [4.78, 5) is 1.31. The number of benzene rings is 1. The topological polar surface area (TPSA) is 9.23 Å². The maximum absolute atomic E-state index is 5.11. The van der Waals surface area contributed by atoms with Crippen LogP contribution in [0.3, 0.4) is 0 Å². The van der Waals surface area contributed by atoms with Crippen LogP contribution in [0.1, 0.15) is 5.56 Å². The average molecular weight is 204 g/mol. The van der Waals surface area contributed by atoms with Crippen LogP contribution in [0.4, 0.5) is 0 Å². The first kappa shape index (κ1) is 9.28. The minimum absolute atomic E-state index is 0.905. The van der Waals surface area contributed by atoms with Gasteiger partial charge in [0.2, 0.25) is 0 Å². The molecule has 0 fully saturated rings. The van der Waals surface area contributed by atoms with Crippen molar-refractivity contribution in [1.29, 1.82) is 0 Å². The lowest BCUT2D eigenvalue weighted by atomic mass is 10.2. The highest BCUT2D eigenvalue weighted by atomic mass is 32.1. The van der Waals surface area contributed by atoms with Crippen LogP contribution in [0.15, 0.2) is 35.7 Å². The molecule has 1 aromatic carbocycles. The van der Waals surface area contributed by atoms with Gasteiger partial charge in [0.25, 0.3) is 0 Å². The smallest absolute Gasteiger partial charge is 0.118 e. The predicted octanol–water partition coefficient (Wildman–Crippen LogP) is 3.73. The zero-order chi connectivity index (χ0) is 9.97. The van der Waals surface area contributed by atoms with Gasteiger partial charge >= 0.3 is 0 Å². The second-order valence-electron chi connectivity index (χ2n) is 3.22. The average Bonchev–Trinajstić information content (AvgIpc) is 2.65. The molecular formula is C12H12OS. The fraction of sp³-hybridized carbons (Fsp3) is 0.167. The molecule has 1 nitrogen and oxygen atoms in total. The number of methoxy groups -OCH3 is 1. The minimum Gasteiger partial charge on any atom is -0.497 e. The van der Waals surface area contributed by atoms with Crippen LogP contribution in [0.2, 0.25) is 0 Å². The van der Waals surface area contributed by atoms with E-state index in [-0.39, 0.29) is 0 Å². The number of thiophene rings is 1. The molecule has 1 aromatic heterocycles. The molecule has 1 heterocycles. The lowest BCUT2D eigenvalue weighted by Gasteiger charge is -2.00. The summed E-state index contributed by atoms with van der Waals surface area (Å²) in [5.74, 6) is 0.905. The van der Waals surface area contributed by atoms with Crippen molar-refractivity contribution in [1.82, 2.24) is 0 Å². The van der Waals surface area contributed by atoms with E-state index in [1.54, 1.807) is 18.4 Å². The van der Waals surface area contributed by atoms with Gasteiger partial charge in [-0.1, -0.05) is 0 Å². The Morgan fingerprint density at radius 2 is 1.86 bits per heavy atom. The molecule has 0 aliphatic rings. The van der Waals surface area contributed by atoms with Gasteiger partial charge in [-0.15, -0.1) is 11.3 Å². The molecule has 2 rings (SSSR count). The highest BCUT2D eigenvalue weighted by molar-refractivity contribution is 7.13. The molecule has 0 amide bonds. The van der Waals surface area contributed by atoms with Crippen molar-refractivity contribution in [3.63, 3.8) is 0 Å². The SMILES string of the molecule is COc1ccc(-c2cc(C)cs2)cc1. The van der Waals surface area contributed by atoms with E-state index in [2.05, 4.69) is 30.5 Å². The van der Waals surface area contributed by atoms with Crippen molar-refractivity contribution >= 4 is 11.3 Å². The molecular weight excluding hydrogens is 192 g/mol. The summed E-state index contributed by atoms with van der Waals surface area (Å²) in [6, 6.07) is 10.4. The maximum atomic E-state index is 5.11. The van der Waals surface area contributed by atoms with Gasteiger partial charge in [-0.2, -0.15) is 0 Å². The van der Waals surface area contributed by atoms with Crippen LogP contribution in [-0.2, 0) is 0 Å². The normalized spacial score (nSPS) is 10.1. The Morgan fingerprint density at radius 3 is 2.36 bits per heavy atom. The lowest BCUT2D eigenvalue weighted by Crippen LogP contribution is -1.81. The lowest BCUT2D eigenvalue weighted by molar-refractivity contribution is 0.415. The molecule has 0 unspecified atom stereocenters. The summed E-state index contributed by atoms with van der Waals surface area (Å²) in [7, 11) is 1.68. The van der Waals surface area contributed by atoms with E-state index in [1.165, 1.54) is 16.0 Å². The van der Waals surface area contributed by atoms with E-state index in [0.717, 1.165) is 5.75 Å². The summed E-state index contributed by atoms with van der Waals surface area (Å²) >= 11 is 1.78. The summed E-state index contributed by atoms with van der Waals surface area (Å²) in [5, 5.41) is 2.17. The van der Waals surface area contributed by atoms with E-state index in [1.807, 2.05) is 12.1 Å². The molecule has 72 valence electrons. The van der Waals surface area contributed by atoms with E-state index in [0.29, 0.717) is 0 Å². The van der Waals surface area contributed by atoms with E-state index in [4.69, 9.17) is 4.74 Å². The van der Waals surface area contributed by atoms with Gasteiger partial charge in [0.05, 0.1) is 7.11 Å². The quantitative estimate of drug-likeness (QED) is 0.724. The monoisotopic (exact) mass is 204 g/mol. The van der Waals surface area contributed by atoms with Gasteiger partial charge in [-0.25, -0.2) is 0 Å². The number of aryl methyl sites for hydroxylation is 1. The van der Waals surface area contributed by atoms with Crippen molar-refractivity contribution in [2.75, 3.05) is 7.11 Å². The molecule has 0 spiro atoms. The first-order chi connectivity index (χ1) is 6.79. The van der Waals surface area contributed by atoms with Gasteiger partial charge in [-0.3, -0.25) is 0 Å². The summed E-state index contributed by atoms with van der Waals surface area (Å²) in [5.41, 5.74) is 2.57. The van der Waals surface area contributed by atoms with Crippen molar-refractivity contribution in [3.8, 4) is 16.2 Å². The van der Waals surface area contributed by atoms with E-state index in [9.17, 15) is 0 Å². The van der Waals surface area contributed by atoms with Crippen molar-refractivity contribution in [2.45, 2.75) is 6.92 Å². The molecule has 0 aliphatic heterocycles. The molecule has 0 atom stereocenters. The van der Waals surface area contributed by atoms with Crippen LogP contribution in [0.25, 0.3) is 10.4 Å². The number of hydrogen-bond acceptors (Lipinski definition) is 2. The summed E-state index contributed by atoms with van der Waals surface area (Å²) in [6.45, 7) is 2.11. The van der Waals surface area contributed by atoms with Gasteiger partial charge in [0.1, 0.15) is 5.75 Å². The molecule has 0 aliphatic carbocycles. The first-order valence-corrected chi connectivity index (χ1v) is 5.37. The van der Waals surface area contributed by atoms with Gasteiger partial charge < -0.3 is 4.74 Å². The number of hydrogen-bond donors (Lipinski definition) is 0. The Hall–Kier alpha value is -1.28. The van der Waals surface area contributed by atoms with Crippen molar-refractivity contribution in [3.05, 3.63) is 41.3 Å². The van der Waals surface area contributed by atoms with Gasteiger partial charge in [0, 0.05) is 4.88 Å². The Morgan fingerprint density at radius 1 is 1.14 bits per heavy atom. The molecule has 2 aromatic rings. The van der Waals surface area contributed by atoms with E-state index < -0.39 is 0 Å². The molecule has 0 bridgehead atoms. The highest BCUT2D eigenvalue weighted by Crippen LogP contribution is 2.28. The second-order valence-corrected chi connectivity index (χ2v) is 4.13. The fourth-order valence-corrected chi connectivity index (χ4v) is 2.24. The molecule has 0 radical (unpaired) electrons. The third-order valence-electron chi connectivity index (χ3n) is 2.11. The van der Waals surface area contributed by atoms with Gasteiger partial charge in [-0.05, 0) is 53.8 Å². The highest BCUT2D eigenvalue weighted by Gasteiger charge is 2.00.